The molecule has 0 radical (unpaired) electrons. The van der Waals surface area contributed by atoms with E-state index >= 15 is 0 Å². The van der Waals surface area contributed by atoms with Crippen molar-refractivity contribution in [1.82, 2.24) is 0 Å². The summed E-state index contributed by atoms with van der Waals surface area (Å²) in [5, 5.41) is 8.71. The van der Waals surface area contributed by atoms with E-state index < -0.39 is 29.3 Å². The summed E-state index contributed by atoms with van der Waals surface area (Å²) >= 11 is 0. The number of aromatic carboxylic acids is 1. The van der Waals surface area contributed by atoms with E-state index in [2.05, 4.69) is 0 Å². The van der Waals surface area contributed by atoms with Crippen molar-refractivity contribution in [3.63, 3.8) is 0 Å². The number of alkyl halides is 3. The first kappa shape index (κ1) is 13.5. The molecule has 0 aliphatic carbocycles. The van der Waals surface area contributed by atoms with E-state index in [0.29, 0.717) is 6.07 Å². The van der Waals surface area contributed by atoms with Crippen molar-refractivity contribution in [3.8, 4) is 0 Å². The molecule has 1 aromatic rings. The van der Waals surface area contributed by atoms with Crippen LogP contribution in [0.15, 0.2) is 18.2 Å². The fourth-order valence-corrected chi connectivity index (χ4v) is 1.29. The van der Waals surface area contributed by atoms with Gasteiger partial charge in [-0.3, -0.25) is 0 Å². The van der Waals surface area contributed by atoms with Crippen LogP contribution in [0.5, 0.6) is 0 Å². The standard InChI is InChI=1S/C10H11F3N2O2/c11-10(12,13)7-2-5(8(15)4-14)1-6(3-7)9(16)17/h1-3,8H,4,14-15H2,(H,16,17)/t8-/m1/s1. The zero-order valence-corrected chi connectivity index (χ0v) is 8.66. The Labute approximate surface area is 95.0 Å². The normalized spacial score (nSPS) is 13.5. The third kappa shape index (κ3) is 3.18. The molecule has 1 rings (SSSR count). The lowest BCUT2D eigenvalue weighted by Crippen LogP contribution is -2.22. The van der Waals surface area contributed by atoms with Gasteiger partial charge in [-0.05, 0) is 23.8 Å². The molecule has 1 aromatic carbocycles. The Hall–Kier alpha value is -1.60. The van der Waals surface area contributed by atoms with Gasteiger partial charge < -0.3 is 16.6 Å². The van der Waals surface area contributed by atoms with E-state index in [1.54, 1.807) is 0 Å². The highest BCUT2D eigenvalue weighted by Crippen LogP contribution is 2.31. The molecule has 4 nitrogen and oxygen atoms in total. The summed E-state index contributed by atoms with van der Waals surface area (Å²) in [6, 6.07) is 1.64. The number of rotatable bonds is 3. The minimum Gasteiger partial charge on any atom is -0.478 e. The van der Waals surface area contributed by atoms with Gasteiger partial charge >= 0.3 is 12.1 Å². The summed E-state index contributed by atoms with van der Waals surface area (Å²) in [5.41, 5.74) is 9.28. The highest BCUT2D eigenvalue weighted by molar-refractivity contribution is 5.88. The topological polar surface area (TPSA) is 89.3 Å². The van der Waals surface area contributed by atoms with Crippen LogP contribution in [0.2, 0.25) is 0 Å². The largest absolute Gasteiger partial charge is 0.478 e. The van der Waals surface area contributed by atoms with Crippen molar-refractivity contribution in [2.45, 2.75) is 12.2 Å². The molecule has 0 aliphatic heterocycles. The van der Waals surface area contributed by atoms with Crippen LogP contribution in [-0.2, 0) is 6.18 Å². The van der Waals surface area contributed by atoms with Crippen LogP contribution in [0.25, 0.3) is 0 Å². The van der Waals surface area contributed by atoms with Crippen molar-refractivity contribution in [2.75, 3.05) is 6.54 Å². The second kappa shape index (κ2) is 4.72. The SMILES string of the molecule is NC[C@@H](N)c1cc(C(=O)O)cc(C(F)(F)F)c1. The number of carbonyl (C=O) groups is 1. The third-order valence-electron chi connectivity index (χ3n) is 2.21. The Bertz CT molecular complexity index is 432. The molecule has 0 aromatic heterocycles. The average Bonchev–Trinajstić information content (AvgIpc) is 2.26. The lowest BCUT2D eigenvalue weighted by Gasteiger charge is -2.14. The number of hydrogen-bond acceptors (Lipinski definition) is 3. The molecule has 0 fully saturated rings. The van der Waals surface area contributed by atoms with E-state index in [4.69, 9.17) is 16.6 Å². The van der Waals surface area contributed by atoms with Crippen molar-refractivity contribution >= 4 is 5.97 Å². The molecule has 0 aliphatic rings. The maximum absolute atomic E-state index is 12.5. The molecule has 0 saturated carbocycles. The molecular formula is C10H11F3N2O2. The Morgan fingerprint density at radius 2 is 1.94 bits per heavy atom. The molecule has 94 valence electrons. The maximum Gasteiger partial charge on any atom is 0.416 e. The Kier molecular flexibility index (Phi) is 3.74. The van der Waals surface area contributed by atoms with Gasteiger partial charge in [0.15, 0.2) is 0 Å². The van der Waals surface area contributed by atoms with Gasteiger partial charge in [0.2, 0.25) is 0 Å². The maximum atomic E-state index is 12.5. The van der Waals surface area contributed by atoms with Gasteiger partial charge in [0.25, 0.3) is 0 Å². The highest BCUT2D eigenvalue weighted by Gasteiger charge is 2.32. The first-order chi connectivity index (χ1) is 7.75. The molecular weight excluding hydrogens is 237 g/mol. The number of nitrogens with two attached hydrogens (primary N) is 2. The predicted octanol–water partition coefficient (Wildman–Crippen LogP) is 1.36. The van der Waals surface area contributed by atoms with Gasteiger partial charge in [0.1, 0.15) is 0 Å². The minimum absolute atomic E-state index is 0.0553. The van der Waals surface area contributed by atoms with Crippen LogP contribution < -0.4 is 11.5 Å². The van der Waals surface area contributed by atoms with Gasteiger partial charge in [0, 0.05) is 12.6 Å². The summed E-state index contributed by atoms with van der Waals surface area (Å²) in [6.07, 6.45) is -4.62. The van der Waals surface area contributed by atoms with Gasteiger partial charge in [-0.1, -0.05) is 0 Å². The van der Waals surface area contributed by atoms with Crippen molar-refractivity contribution in [1.29, 1.82) is 0 Å². The quantitative estimate of drug-likeness (QED) is 0.753. The summed E-state index contributed by atoms with van der Waals surface area (Å²) in [6.45, 7) is -0.0691. The summed E-state index contributed by atoms with van der Waals surface area (Å²) in [4.78, 5) is 10.7. The third-order valence-corrected chi connectivity index (χ3v) is 2.21. The fourth-order valence-electron chi connectivity index (χ4n) is 1.29. The average molecular weight is 248 g/mol. The van der Waals surface area contributed by atoms with Crippen molar-refractivity contribution in [2.24, 2.45) is 11.5 Å². The first-order valence-corrected chi connectivity index (χ1v) is 4.67. The van der Waals surface area contributed by atoms with Crippen molar-refractivity contribution < 1.29 is 23.1 Å². The van der Waals surface area contributed by atoms with Crippen LogP contribution in [-0.4, -0.2) is 17.6 Å². The highest BCUT2D eigenvalue weighted by atomic mass is 19.4. The molecule has 1 atom stereocenters. The summed E-state index contributed by atoms with van der Waals surface area (Å²) in [5.74, 6) is -1.44. The molecule has 0 amide bonds. The Morgan fingerprint density at radius 1 is 1.35 bits per heavy atom. The second-order valence-electron chi connectivity index (χ2n) is 3.49. The Morgan fingerprint density at radius 3 is 2.35 bits per heavy atom. The van der Waals surface area contributed by atoms with E-state index in [1.165, 1.54) is 0 Å². The summed E-state index contributed by atoms with van der Waals surface area (Å²) < 4.78 is 37.5. The summed E-state index contributed by atoms with van der Waals surface area (Å²) in [7, 11) is 0. The van der Waals surface area contributed by atoms with Crippen molar-refractivity contribution in [3.05, 3.63) is 34.9 Å². The molecule has 0 spiro atoms. The molecule has 0 saturated heterocycles. The van der Waals surface area contributed by atoms with Crippen LogP contribution >= 0.6 is 0 Å². The molecule has 0 heterocycles. The van der Waals surface area contributed by atoms with Gasteiger partial charge in [0.05, 0.1) is 11.1 Å². The molecule has 5 N–H and O–H groups in total. The van der Waals surface area contributed by atoms with Crippen LogP contribution in [0.1, 0.15) is 27.5 Å². The number of benzene rings is 1. The van der Waals surface area contributed by atoms with E-state index in [9.17, 15) is 18.0 Å². The molecule has 0 bridgehead atoms. The number of halogens is 3. The zero-order chi connectivity index (χ0) is 13.2. The van der Waals surface area contributed by atoms with E-state index in [-0.39, 0.29) is 12.1 Å². The molecule has 17 heavy (non-hydrogen) atoms. The van der Waals surface area contributed by atoms with Gasteiger partial charge in [-0.25, -0.2) is 4.79 Å². The number of carboxylic acids is 1. The van der Waals surface area contributed by atoms with E-state index in [0.717, 1.165) is 12.1 Å². The van der Waals surface area contributed by atoms with Crippen LogP contribution in [0, 0.1) is 0 Å². The zero-order valence-electron chi connectivity index (χ0n) is 8.66. The lowest BCUT2D eigenvalue weighted by atomic mass is 10.0. The smallest absolute Gasteiger partial charge is 0.416 e. The van der Waals surface area contributed by atoms with E-state index in [1.807, 2.05) is 0 Å². The van der Waals surface area contributed by atoms with Crippen LogP contribution in [0.4, 0.5) is 13.2 Å². The molecule has 7 heteroatoms. The number of hydrogen-bond donors (Lipinski definition) is 3. The second-order valence-corrected chi connectivity index (χ2v) is 3.49. The fraction of sp³-hybridized carbons (Fsp3) is 0.300. The number of carboxylic acid groups (broad SMARTS) is 1. The predicted molar refractivity (Wildman–Crippen MR) is 54.4 cm³/mol. The minimum atomic E-state index is -4.62. The first-order valence-electron chi connectivity index (χ1n) is 4.67. The monoisotopic (exact) mass is 248 g/mol. The van der Waals surface area contributed by atoms with Gasteiger partial charge in [-0.15, -0.1) is 0 Å². The van der Waals surface area contributed by atoms with Crippen LogP contribution in [0.3, 0.4) is 0 Å². The lowest BCUT2D eigenvalue weighted by molar-refractivity contribution is -0.137. The molecule has 0 unspecified atom stereocenters. The van der Waals surface area contributed by atoms with Gasteiger partial charge in [-0.2, -0.15) is 13.2 Å². The Balaban J connectivity index is 3.34.